The highest BCUT2D eigenvalue weighted by Gasteiger charge is 2.17. The first kappa shape index (κ1) is 48.0. The van der Waals surface area contributed by atoms with Crippen LogP contribution < -0.4 is 21.7 Å². The number of fused-ring (bicyclic) bond motifs is 1. The molecule has 4 aromatic rings. The lowest BCUT2D eigenvalue weighted by molar-refractivity contribution is -0.123. The molecule has 4 rings (SSSR count). The largest absolute Gasteiger partial charge is 0.508 e. The van der Waals surface area contributed by atoms with Crippen LogP contribution in [0.15, 0.2) is 48.8 Å². The van der Waals surface area contributed by atoms with Crippen molar-refractivity contribution in [3.63, 3.8) is 0 Å². The number of aryl methyl sites for hydroxylation is 2. The van der Waals surface area contributed by atoms with Crippen molar-refractivity contribution in [3.05, 3.63) is 65.5 Å². The van der Waals surface area contributed by atoms with Crippen molar-refractivity contribution in [2.75, 3.05) is 105 Å². The van der Waals surface area contributed by atoms with Crippen LogP contribution in [0.4, 0.5) is 5.82 Å². The standard InChI is InChI=1S/C43H58N8O10/c1-3-33-7-6-8-35(30-33)43(55)47-15-20-59-24-28-61-26-22-57-18-12-38(54)46-14-19-58-23-27-60-25-21-56-17-11-37(53)45-13-4-5-16-51-42-39(41(44)48-31-49-42)40(50-51)34-9-10-36(52)32(2)29-34/h1,6-10,29-31,52H,4-5,11-28H2,2H3,(H,45,53)(H,46,54)(H,47,55)(H2,44,48,49). The smallest absolute Gasteiger partial charge is 0.251 e. The molecule has 0 saturated heterocycles. The molecule has 0 aliphatic heterocycles. The van der Waals surface area contributed by atoms with Gasteiger partial charge in [0, 0.05) is 55.7 Å². The van der Waals surface area contributed by atoms with Crippen molar-refractivity contribution >= 4 is 34.6 Å². The summed E-state index contributed by atoms with van der Waals surface area (Å²) in [4.78, 5) is 44.9. The van der Waals surface area contributed by atoms with Gasteiger partial charge in [-0.05, 0) is 61.7 Å². The van der Waals surface area contributed by atoms with Crippen molar-refractivity contribution in [2.24, 2.45) is 0 Å². The highest BCUT2D eigenvalue weighted by atomic mass is 16.5. The molecule has 0 radical (unpaired) electrons. The molecule has 6 N–H and O–H groups in total. The number of phenols is 1. The topological polar surface area (TPSA) is 233 Å². The predicted octanol–water partition coefficient (Wildman–Crippen LogP) is 2.39. The maximum Gasteiger partial charge on any atom is 0.251 e. The molecule has 0 saturated carbocycles. The van der Waals surface area contributed by atoms with E-state index < -0.39 is 0 Å². The summed E-state index contributed by atoms with van der Waals surface area (Å²) in [7, 11) is 0. The molecule has 0 atom stereocenters. The Bertz CT molecular complexity index is 2000. The molecule has 2 aromatic heterocycles. The second-order valence-electron chi connectivity index (χ2n) is 13.6. The van der Waals surface area contributed by atoms with Crippen LogP contribution in [-0.2, 0) is 44.6 Å². The van der Waals surface area contributed by atoms with E-state index in [1.54, 1.807) is 41.1 Å². The summed E-state index contributed by atoms with van der Waals surface area (Å²) in [5.74, 6) is 2.62. The van der Waals surface area contributed by atoms with Crippen LogP contribution in [0.25, 0.3) is 22.3 Å². The van der Waals surface area contributed by atoms with E-state index in [1.165, 1.54) is 6.33 Å². The number of aromatic hydroxyl groups is 1. The molecule has 3 amide bonds. The number of phenolic OH excluding ortho intramolecular Hbond substituents is 1. The van der Waals surface area contributed by atoms with Gasteiger partial charge in [0.15, 0.2) is 5.65 Å². The summed E-state index contributed by atoms with van der Waals surface area (Å²) >= 11 is 0. The van der Waals surface area contributed by atoms with Crippen LogP contribution in [0.1, 0.15) is 47.2 Å². The number of unbranched alkanes of at least 4 members (excludes halogenated alkanes) is 1. The molecule has 0 spiro atoms. The van der Waals surface area contributed by atoms with Crippen LogP contribution in [0.5, 0.6) is 5.75 Å². The van der Waals surface area contributed by atoms with Gasteiger partial charge in [-0.15, -0.1) is 6.42 Å². The van der Waals surface area contributed by atoms with Gasteiger partial charge in [0.1, 0.15) is 23.6 Å². The number of nitrogen functional groups attached to an aromatic ring is 1. The van der Waals surface area contributed by atoms with Gasteiger partial charge in [-0.1, -0.05) is 12.0 Å². The third-order valence-corrected chi connectivity index (χ3v) is 8.97. The molecule has 18 nitrogen and oxygen atoms in total. The van der Waals surface area contributed by atoms with Crippen LogP contribution in [0.2, 0.25) is 0 Å². The van der Waals surface area contributed by atoms with Crippen molar-refractivity contribution in [3.8, 4) is 29.4 Å². The fraction of sp³-hybridized carbons (Fsp3) is 0.488. The zero-order valence-electron chi connectivity index (χ0n) is 34.8. The Kier molecular flexibility index (Phi) is 22.0. The Morgan fingerprint density at radius 2 is 1.33 bits per heavy atom. The van der Waals surface area contributed by atoms with Crippen LogP contribution in [0, 0.1) is 19.3 Å². The fourth-order valence-corrected chi connectivity index (χ4v) is 5.75. The number of nitrogens with two attached hydrogens (primary N) is 1. The highest BCUT2D eigenvalue weighted by molar-refractivity contribution is 5.98. The number of carbonyl (C=O) groups is 3. The summed E-state index contributed by atoms with van der Waals surface area (Å²) in [6, 6.07) is 12.1. The first-order valence-electron chi connectivity index (χ1n) is 20.4. The number of benzene rings is 2. The Morgan fingerprint density at radius 3 is 1.95 bits per heavy atom. The van der Waals surface area contributed by atoms with Gasteiger partial charge in [-0.3, -0.25) is 14.4 Å². The van der Waals surface area contributed by atoms with E-state index in [0.29, 0.717) is 126 Å². The molecule has 0 aliphatic carbocycles. The van der Waals surface area contributed by atoms with E-state index in [2.05, 4.69) is 31.8 Å². The molecule has 330 valence electrons. The molecule has 0 bridgehead atoms. The summed E-state index contributed by atoms with van der Waals surface area (Å²) in [5.41, 5.74) is 10.2. The maximum atomic E-state index is 12.2. The second-order valence-corrected chi connectivity index (χ2v) is 13.6. The number of hydrogen-bond acceptors (Lipinski definition) is 14. The van der Waals surface area contributed by atoms with Crippen LogP contribution in [-0.4, -0.2) is 141 Å². The zero-order chi connectivity index (χ0) is 43.5. The number of amides is 3. The van der Waals surface area contributed by atoms with E-state index in [9.17, 15) is 19.5 Å². The predicted molar refractivity (Wildman–Crippen MR) is 228 cm³/mol. The number of nitrogens with one attached hydrogen (secondary N) is 3. The fourth-order valence-electron chi connectivity index (χ4n) is 5.75. The monoisotopic (exact) mass is 846 g/mol. The van der Waals surface area contributed by atoms with E-state index in [0.717, 1.165) is 24.0 Å². The minimum absolute atomic E-state index is 0.0881. The lowest BCUT2D eigenvalue weighted by Crippen LogP contribution is -2.28. The van der Waals surface area contributed by atoms with Gasteiger partial charge in [0.05, 0.1) is 84.7 Å². The summed E-state index contributed by atoms with van der Waals surface area (Å²) < 4.78 is 34.6. The van der Waals surface area contributed by atoms with E-state index in [4.69, 9.17) is 45.7 Å². The SMILES string of the molecule is C#Cc1cccc(C(=O)NCCOCCOCCOCCC(=O)NCCOCCOCCOCCC(=O)NCCCCn2nc(-c3ccc(O)c(C)c3)c3c(N)ncnc32)c1. The molecular weight excluding hydrogens is 789 g/mol. The zero-order valence-corrected chi connectivity index (χ0v) is 34.8. The minimum atomic E-state index is -0.209. The molecule has 2 heterocycles. The molecule has 61 heavy (non-hydrogen) atoms. The Balaban J connectivity index is 0.873. The number of anilines is 1. The third-order valence-electron chi connectivity index (χ3n) is 8.97. The number of aromatic nitrogens is 4. The van der Waals surface area contributed by atoms with Crippen LogP contribution >= 0.6 is 0 Å². The molecule has 0 aliphatic rings. The molecule has 18 heteroatoms. The average Bonchev–Trinajstić information content (AvgIpc) is 3.64. The first-order valence-corrected chi connectivity index (χ1v) is 20.4. The lowest BCUT2D eigenvalue weighted by Gasteiger charge is -2.09. The Hall–Kier alpha value is -5.68. The average molecular weight is 847 g/mol. The molecule has 0 fully saturated rings. The summed E-state index contributed by atoms with van der Waals surface area (Å²) in [6.45, 7) is 7.95. The summed E-state index contributed by atoms with van der Waals surface area (Å²) in [5, 5.41) is 23.8. The lowest BCUT2D eigenvalue weighted by atomic mass is 10.1. The molecule has 0 unspecified atom stereocenters. The Morgan fingerprint density at radius 1 is 0.738 bits per heavy atom. The van der Waals surface area contributed by atoms with Gasteiger partial charge in [-0.2, -0.15) is 5.10 Å². The third kappa shape index (κ3) is 17.8. The Labute approximate surface area is 356 Å². The maximum absolute atomic E-state index is 12.2. The summed E-state index contributed by atoms with van der Waals surface area (Å²) in [6.07, 6.45) is 8.76. The van der Waals surface area contributed by atoms with Crippen molar-refractivity contribution < 1.29 is 47.9 Å². The van der Waals surface area contributed by atoms with Gasteiger partial charge in [0.25, 0.3) is 5.91 Å². The number of terminal acetylenes is 1. The quantitative estimate of drug-likeness (QED) is 0.0362. The van der Waals surface area contributed by atoms with E-state index in [-0.39, 0.29) is 49.5 Å². The van der Waals surface area contributed by atoms with Crippen LogP contribution in [0.3, 0.4) is 0 Å². The normalized spacial score (nSPS) is 11.1. The van der Waals surface area contributed by atoms with Crippen molar-refractivity contribution in [1.29, 1.82) is 0 Å². The number of rotatable bonds is 31. The van der Waals surface area contributed by atoms with Crippen molar-refractivity contribution in [2.45, 2.75) is 39.2 Å². The van der Waals surface area contributed by atoms with Gasteiger partial charge in [-0.25, -0.2) is 14.6 Å². The first-order chi connectivity index (χ1) is 29.8. The second kappa shape index (κ2) is 28.0. The number of hydrogen-bond donors (Lipinski definition) is 5. The van der Waals surface area contributed by atoms with Gasteiger partial charge in [0.2, 0.25) is 11.8 Å². The minimum Gasteiger partial charge on any atom is -0.508 e. The number of nitrogens with zero attached hydrogens (tertiary/aromatic N) is 4. The van der Waals surface area contributed by atoms with Gasteiger partial charge < -0.3 is 55.2 Å². The van der Waals surface area contributed by atoms with Crippen molar-refractivity contribution in [1.82, 2.24) is 35.7 Å². The number of carbonyl (C=O) groups excluding carboxylic acids is 3. The molecule has 2 aromatic carbocycles. The van der Waals surface area contributed by atoms with E-state index in [1.807, 2.05) is 13.0 Å². The number of ether oxygens (including phenoxy) is 6. The molecular formula is C43H58N8O10. The van der Waals surface area contributed by atoms with E-state index >= 15 is 0 Å². The van der Waals surface area contributed by atoms with Gasteiger partial charge >= 0.3 is 0 Å². The highest BCUT2D eigenvalue weighted by Crippen LogP contribution is 2.32.